The zero-order valence-electron chi connectivity index (χ0n) is 12.9. The lowest BCUT2D eigenvalue weighted by molar-refractivity contribution is -0.120. The normalized spacial score (nSPS) is 9.86. The summed E-state index contributed by atoms with van der Waals surface area (Å²) in [5, 5.41) is 6.05. The molecule has 0 aliphatic heterocycles. The topological polar surface area (TPSA) is 59.6 Å². The number of halogens is 1. The van der Waals surface area contributed by atoms with Crippen molar-refractivity contribution in [2.45, 2.75) is 13.3 Å². The molecule has 21 heavy (non-hydrogen) atoms. The van der Waals surface area contributed by atoms with Gasteiger partial charge in [-0.25, -0.2) is 0 Å². The Hall–Kier alpha value is -1.30. The molecule has 1 aromatic carbocycles. The van der Waals surface area contributed by atoms with Crippen LogP contribution in [0.4, 0.5) is 0 Å². The van der Waals surface area contributed by atoms with Gasteiger partial charge >= 0.3 is 0 Å². The number of methoxy groups -OCH3 is 2. The monoisotopic (exact) mass is 316 g/mol. The first-order chi connectivity index (χ1) is 9.67. The highest BCUT2D eigenvalue weighted by atomic mass is 35.5. The van der Waals surface area contributed by atoms with Crippen molar-refractivity contribution in [3.63, 3.8) is 0 Å². The molecular weight excluding hydrogens is 292 g/mol. The van der Waals surface area contributed by atoms with Crippen molar-refractivity contribution in [1.82, 2.24) is 10.6 Å². The molecule has 0 saturated carbocycles. The van der Waals surface area contributed by atoms with Crippen molar-refractivity contribution in [1.29, 1.82) is 0 Å². The number of rotatable bonds is 9. The fraction of sp³-hybridized carbons (Fsp3) is 0.533. The van der Waals surface area contributed by atoms with E-state index in [2.05, 4.69) is 10.6 Å². The Kier molecular flexibility index (Phi) is 10.7. The van der Waals surface area contributed by atoms with Crippen LogP contribution in [0.2, 0.25) is 0 Å². The molecule has 1 amide bonds. The van der Waals surface area contributed by atoms with Gasteiger partial charge < -0.3 is 20.1 Å². The highest BCUT2D eigenvalue weighted by Crippen LogP contribution is 2.19. The quantitative estimate of drug-likeness (QED) is 0.675. The minimum atomic E-state index is 0. The number of amides is 1. The van der Waals surface area contributed by atoms with E-state index in [0.29, 0.717) is 19.6 Å². The Morgan fingerprint density at radius 3 is 2.62 bits per heavy atom. The average Bonchev–Trinajstić information content (AvgIpc) is 2.43. The zero-order valence-corrected chi connectivity index (χ0v) is 13.7. The van der Waals surface area contributed by atoms with Gasteiger partial charge in [-0.3, -0.25) is 4.79 Å². The lowest BCUT2D eigenvalue weighted by atomic mass is 10.1. The van der Waals surface area contributed by atoms with E-state index in [9.17, 15) is 4.79 Å². The molecule has 120 valence electrons. The van der Waals surface area contributed by atoms with Gasteiger partial charge in [-0.2, -0.15) is 0 Å². The molecule has 0 aromatic heterocycles. The van der Waals surface area contributed by atoms with Gasteiger partial charge in [0.15, 0.2) is 0 Å². The number of nitrogens with one attached hydrogen (secondary N) is 2. The first-order valence-corrected chi connectivity index (χ1v) is 6.77. The molecule has 0 spiro atoms. The van der Waals surface area contributed by atoms with Gasteiger partial charge in [-0.05, 0) is 13.0 Å². The van der Waals surface area contributed by atoms with Crippen molar-refractivity contribution < 1.29 is 14.3 Å². The summed E-state index contributed by atoms with van der Waals surface area (Å²) in [6, 6.07) is 5.85. The van der Waals surface area contributed by atoms with Crippen molar-refractivity contribution in [2.24, 2.45) is 0 Å². The number of aryl methyl sites for hydroxylation is 1. The summed E-state index contributed by atoms with van der Waals surface area (Å²) in [6.45, 7) is 4.81. The third kappa shape index (κ3) is 7.90. The van der Waals surface area contributed by atoms with Crippen LogP contribution in [0, 0.1) is 6.92 Å². The van der Waals surface area contributed by atoms with Crippen molar-refractivity contribution in [3.05, 3.63) is 29.3 Å². The summed E-state index contributed by atoms with van der Waals surface area (Å²) in [4.78, 5) is 11.9. The SMILES string of the molecule is COCCNCCNC(=O)Cc1cc(C)ccc1OC.Cl. The molecule has 0 atom stereocenters. The second-order valence-corrected chi connectivity index (χ2v) is 4.58. The molecule has 0 aliphatic rings. The molecule has 0 aliphatic carbocycles. The fourth-order valence-electron chi connectivity index (χ4n) is 1.87. The summed E-state index contributed by atoms with van der Waals surface area (Å²) in [6.07, 6.45) is 0.336. The molecule has 0 saturated heterocycles. The molecule has 5 nitrogen and oxygen atoms in total. The number of hydrogen-bond acceptors (Lipinski definition) is 4. The smallest absolute Gasteiger partial charge is 0.224 e. The lowest BCUT2D eigenvalue weighted by Crippen LogP contribution is -2.33. The zero-order chi connectivity index (χ0) is 14.8. The molecule has 1 rings (SSSR count). The summed E-state index contributed by atoms with van der Waals surface area (Å²) in [7, 11) is 3.28. The van der Waals surface area contributed by atoms with Crippen LogP contribution >= 0.6 is 12.4 Å². The van der Waals surface area contributed by atoms with Crippen LogP contribution in [0.1, 0.15) is 11.1 Å². The predicted molar refractivity (Wildman–Crippen MR) is 86.4 cm³/mol. The molecule has 0 unspecified atom stereocenters. The van der Waals surface area contributed by atoms with E-state index in [0.717, 1.165) is 30.0 Å². The maximum atomic E-state index is 11.9. The highest BCUT2D eigenvalue weighted by molar-refractivity contribution is 5.85. The van der Waals surface area contributed by atoms with E-state index in [1.807, 2.05) is 25.1 Å². The lowest BCUT2D eigenvalue weighted by Gasteiger charge is -2.10. The minimum absolute atomic E-state index is 0. The van der Waals surface area contributed by atoms with Crippen molar-refractivity contribution >= 4 is 18.3 Å². The van der Waals surface area contributed by atoms with E-state index in [4.69, 9.17) is 9.47 Å². The summed E-state index contributed by atoms with van der Waals surface area (Å²) in [5.41, 5.74) is 2.03. The Labute approximate surface area is 132 Å². The maximum Gasteiger partial charge on any atom is 0.224 e. The Morgan fingerprint density at radius 1 is 1.19 bits per heavy atom. The first-order valence-electron chi connectivity index (χ1n) is 6.77. The van der Waals surface area contributed by atoms with Gasteiger partial charge in [-0.15, -0.1) is 12.4 Å². The van der Waals surface area contributed by atoms with Crippen LogP contribution in [-0.4, -0.2) is 46.4 Å². The standard InChI is InChI=1S/C15H24N2O3.ClH/c1-12-4-5-14(20-3)13(10-12)11-15(18)17-7-6-16-8-9-19-2;/h4-5,10,16H,6-9,11H2,1-3H3,(H,17,18);1H. The summed E-state index contributed by atoms with van der Waals surface area (Å²) >= 11 is 0. The molecular formula is C15H25ClN2O3. The van der Waals surface area contributed by atoms with Crippen LogP contribution in [0.3, 0.4) is 0 Å². The highest BCUT2D eigenvalue weighted by Gasteiger charge is 2.08. The summed E-state index contributed by atoms with van der Waals surface area (Å²) in [5.74, 6) is 0.756. The van der Waals surface area contributed by atoms with Crippen LogP contribution in [-0.2, 0) is 16.0 Å². The molecule has 2 N–H and O–H groups in total. The second-order valence-electron chi connectivity index (χ2n) is 4.58. The van der Waals surface area contributed by atoms with Crippen LogP contribution in [0.5, 0.6) is 5.75 Å². The van der Waals surface area contributed by atoms with E-state index in [-0.39, 0.29) is 18.3 Å². The van der Waals surface area contributed by atoms with Crippen LogP contribution in [0.15, 0.2) is 18.2 Å². The van der Waals surface area contributed by atoms with Crippen molar-refractivity contribution in [3.8, 4) is 5.75 Å². The average molecular weight is 317 g/mol. The van der Waals surface area contributed by atoms with Gasteiger partial charge in [0.25, 0.3) is 0 Å². The van der Waals surface area contributed by atoms with Crippen LogP contribution < -0.4 is 15.4 Å². The van der Waals surface area contributed by atoms with Crippen LogP contribution in [0.25, 0.3) is 0 Å². The molecule has 6 heteroatoms. The van der Waals surface area contributed by atoms with Gasteiger partial charge in [0.2, 0.25) is 5.91 Å². The Balaban J connectivity index is 0.00000400. The summed E-state index contributed by atoms with van der Waals surface area (Å²) < 4.78 is 10.2. The minimum Gasteiger partial charge on any atom is -0.496 e. The van der Waals surface area contributed by atoms with Crippen molar-refractivity contribution in [2.75, 3.05) is 40.5 Å². The number of benzene rings is 1. The van der Waals surface area contributed by atoms with E-state index in [1.54, 1.807) is 14.2 Å². The van der Waals surface area contributed by atoms with Gasteiger partial charge in [0, 0.05) is 32.3 Å². The first kappa shape index (κ1) is 19.7. The van der Waals surface area contributed by atoms with E-state index >= 15 is 0 Å². The second kappa shape index (κ2) is 11.4. The third-order valence-corrected chi connectivity index (χ3v) is 2.89. The number of carbonyl (C=O) groups is 1. The van der Waals surface area contributed by atoms with E-state index < -0.39 is 0 Å². The molecule has 0 fully saturated rings. The molecule has 0 heterocycles. The largest absolute Gasteiger partial charge is 0.496 e. The van der Waals surface area contributed by atoms with Gasteiger partial charge in [0.1, 0.15) is 5.75 Å². The number of ether oxygens (including phenoxy) is 2. The van der Waals surface area contributed by atoms with E-state index in [1.165, 1.54) is 0 Å². The molecule has 0 radical (unpaired) electrons. The molecule has 1 aromatic rings. The Morgan fingerprint density at radius 2 is 1.95 bits per heavy atom. The Bertz CT molecular complexity index is 427. The fourth-order valence-corrected chi connectivity index (χ4v) is 1.87. The number of hydrogen-bond donors (Lipinski definition) is 2. The molecule has 0 bridgehead atoms. The predicted octanol–water partition coefficient (Wildman–Crippen LogP) is 1.32. The maximum absolute atomic E-state index is 11.9. The van der Waals surface area contributed by atoms with Gasteiger partial charge in [-0.1, -0.05) is 17.7 Å². The number of carbonyl (C=O) groups excluding carboxylic acids is 1. The van der Waals surface area contributed by atoms with Gasteiger partial charge in [0.05, 0.1) is 20.1 Å². The third-order valence-electron chi connectivity index (χ3n) is 2.89.